The normalized spacial score (nSPS) is 11.2. The molecule has 0 atom stereocenters. The molecule has 0 unspecified atom stereocenters. The topological polar surface area (TPSA) is 102 Å². The second-order valence-corrected chi connectivity index (χ2v) is 7.13. The maximum atomic E-state index is 13.2. The predicted molar refractivity (Wildman–Crippen MR) is 121 cm³/mol. The lowest BCUT2D eigenvalue weighted by Gasteiger charge is -2.15. The number of para-hydroxylation sites is 1. The number of nitrogens with one attached hydrogen (secondary N) is 1. The van der Waals surface area contributed by atoms with Crippen LogP contribution in [0.4, 0.5) is 5.69 Å². The minimum absolute atomic E-state index is 0.0829. The summed E-state index contributed by atoms with van der Waals surface area (Å²) in [6.07, 6.45) is 8.42. The van der Waals surface area contributed by atoms with Gasteiger partial charge >= 0.3 is 0 Å². The van der Waals surface area contributed by atoms with Gasteiger partial charge in [-0.3, -0.25) is 14.6 Å². The lowest BCUT2D eigenvalue weighted by Crippen LogP contribution is -2.33. The fourth-order valence-corrected chi connectivity index (χ4v) is 3.41. The number of pyridine rings is 2. The number of aromatic nitrogens is 2. The number of carbonyl (C=O) groups excluding carboxylic acids is 1. The average molecular weight is 406 g/mol. The Morgan fingerprint density at radius 3 is 2.67 bits per heavy atom. The minimum atomic E-state index is -0.629. The van der Waals surface area contributed by atoms with Gasteiger partial charge in [-0.1, -0.05) is 56.9 Å². The predicted octanol–water partition coefficient (Wildman–Crippen LogP) is 3.71. The van der Waals surface area contributed by atoms with Gasteiger partial charge in [-0.2, -0.15) is 5.10 Å². The molecule has 0 bridgehead atoms. The van der Waals surface area contributed by atoms with Gasteiger partial charge in [0.1, 0.15) is 5.56 Å². The van der Waals surface area contributed by atoms with E-state index in [-0.39, 0.29) is 11.3 Å². The van der Waals surface area contributed by atoms with Crippen LogP contribution in [-0.2, 0) is 6.54 Å². The molecular weight excluding hydrogens is 378 g/mol. The van der Waals surface area contributed by atoms with E-state index in [1.807, 2.05) is 30.3 Å². The molecule has 0 aliphatic heterocycles. The van der Waals surface area contributed by atoms with Crippen LogP contribution in [0.2, 0.25) is 0 Å². The van der Waals surface area contributed by atoms with Crippen molar-refractivity contribution in [2.45, 2.75) is 45.6 Å². The zero-order chi connectivity index (χ0) is 21.3. The second-order valence-electron chi connectivity index (χ2n) is 7.13. The number of amides is 1. The monoisotopic (exact) mass is 405 g/mol. The molecule has 1 aromatic carbocycles. The number of anilines is 1. The molecule has 2 aromatic heterocycles. The summed E-state index contributed by atoms with van der Waals surface area (Å²) in [6, 6.07) is 12.8. The molecule has 7 nitrogen and oxygen atoms in total. The number of hydrazone groups is 1. The van der Waals surface area contributed by atoms with E-state index in [1.165, 1.54) is 12.6 Å². The first kappa shape index (κ1) is 21.2. The first-order valence-electron chi connectivity index (χ1n) is 10.3. The molecule has 0 radical (unpaired) electrons. The summed E-state index contributed by atoms with van der Waals surface area (Å²) in [7, 11) is 0. The summed E-state index contributed by atoms with van der Waals surface area (Å²) in [5, 5.41) is 4.60. The first-order chi connectivity index (χ1) is 14.6. The summed E-state index contributed by atoms with van der Waals surface area (Å²) in [5.41, 5.74) is 9.65. The average Bonchev–Trinajstić information content (AvgIpc) is 2.76. The number of rotatable bonds is 9. The van der Waals surface area contributed by atoms with Crippen LogP contribution in [0.15, 0.2) is 58.6 Å². The van der Waals surface area contributed by atoms with E-state index in [4.69, 9.17) is 5.73 Å². The van der Waals surface area contributed by atoms with E-state index in [9.17, 15) is 9.59 Å². The van der Waals surface area contributed by atoms with Crippen molar-refractivity contribution >= 4 is 28.7 Å². The van der Waals surface area contributed by atoms with Crippen LogP contribution in [0.1, 0.15) is 55.1 Å². The van der Waals surface area contributed by atoms with Crippen molar-refractivity contribution in [1.29, 1.82) is 0 Å². The Labute approximate surface area is 175 Å². The highest BCUT2D eigenvalue weighted by Gasteiger charge is 2.20. The van der Waals surface area contributed by atoms with Crippen LogP contribution in [0.5, 0.6) is 0 Å². The molecule has 2 heterocycles. The van der Waals surface area contributed by atoms with Gasteiger partial charge in [-0.15, -0.1) is 0 Å². The van der Waals surface area contributed by atoms with Gasteiger partial charge in [0.15, 0.2) is 0 Å². The molecule has 3 aromatic rings. The molecule has 30 heavy (non-hydrogen) atoms. The van der Waals surface area contributed by atoms with Crippen LogP contribution in [0.25, 0.3) is 10.9 Å². The molecule has 1 amide bonds. The standard InChI is InChI=1S/C23H27N5O2/c1-2-3-4-5-10-15-28-19-13-7-6-12-18(19)21(24)20(23(28)30)22(29)27-26-16-17-11-8-9-14-25-17/h6-9,11-14,16H,2-5,10,15,24H2,1H3,(H,27,29)/b26-16+. The summed E-state index contributed by atoms with van der Waals surface area (Å²) in [4.78, 5) is 30.0. The molecule has 0 saturated carbocycles. The number of fused-ring (bicyclic) bond motifs is 1. The smallest absolute Gasteiger partial charge is 0.279 e. The molecule has 0 spiro atoms. The quantitative estimate of drug-likeness (QED) is 0.322. The van der Waals surface area contributed by atoms with Crippen molar-refractivity contribution in [3.05, 3.63) is 70.3 Å². The fourth-order valence-electron chi connectivity index (χ4n) is 3.41. The SMILES string of the molecule is CCCCCCCn1c(=O)c(C(=O)N/N=C/c2ccccn2)c(N)c2ccccc21. The number of carbonyl (C=O) groups is 1. The molecule has 0 fully saturated rings. The van der Waals surface area contributed by atoms with Crippen LogP contribution >= 0.6 is 0 Å². The minimum Gasteiger partial charge on any atom is -0.397 e. The number of aryl methyl sites for hydroxylation is 1. The third-order valence-corrected chi connectivity index (χ3v) is 4.98. The van der Waals surface area contributed by atoms with E-state index in [0.29, 0.717) is 17.6 Å². The number of hydrogen-bond acceptors (Lipinski definition) is 5. The van der Waals surface area contributed by atoms with Gasteiger partial charge in [0, 0.05) is 18.1 Å². The summed E-state index contributed by atoms with van der Waals surface area (Å²) in [5.74, 6) is -0.629. The van der Waals surface area contributed by atoms with Gasteiger partial charge in [0.2, 0.25) is 0 Å². The zero-order valence-corrected chi connectivity index (χ0v) is 17.2. The molecule has 0 aliphatic carbocycles. The third kappa shape index (κ3) is 4.92. The Morgan fingerprint density at radius 2 is 1.90 bits per heavy atom. The Bertz CT molecular complexity index is 1090. The maximum Gasteiger partial charge on any atom is 0.279 e. The van der Waals surface area contributed by atoms with Crippen molar-refractivity contribution in [2.24, 2.45) is 5.10 Å². The van der Waals surface area contributed by atoms with E-state index in [1.54, 1.807) is 22.9 Å². The zero-order valence-electron chi connectivity index (χ0n) is 17.2. The highest BCUT2D eigenvalue weighted by Crippen LogP contribution is 2.22. The van der Waals surface area contributed by atoms with Crippen molar-refractivity contribution in [2.75, 3.05) is 5.73 Å². The molecule has 0 aliphatic rings. The van der Waals surface area contributed by atoms with Crippen LogP contribution in [0, 0.1) is 0 Å². The molecule has 7 heteroatoms. The van der Waals surface area contributed by atoms with Crippen LogP contribution in [-0.4, -0.2) is 21.7 Å². The number of hydrogen-bond donors (Lipinski definition) is 2. The number of nitrogens with two attached hydrogens (primary N) is 1. The maximum absolute atomic E-state index is 13.2. The summed E-state index contributed by atoms with van der Waals surface area (Å²) >= 11 is 0. The molecule has 156 valence electrons. The molecular formula is C23H27N5O2. The Morgan fingerprint density at radius 1 is 1.13 bits per heavy atom. The van der Waals surface area contributed by atoms with E-state index < -0.39 is 11.5 Å². The van der Waals surface area contributed by atoms with Crippen molar-refractivity contribution < 1.29 is 4.79 Å². The summed E-state index contributed by atoms with van der Waals surface area (Å²) < 4.78 is 1.65. The largest absolute Gasteiger partial charge is 0.397 e. The Kier molecular flexibility index (Phi) is 7.32. The van der Waals surface area contributed by atoms with Crippen molar-refractivity contribution in [1.82, 2.24) is 15.0 Å². The number of benzene rings is 1. The fraction of sp³-hybridized carbons (Fsp3) is 0.304. The van der Waals surface area contributed by atoms with Crippen LogP contribution < -0.4 is 16.7 Å². The van der Waals surface area contributed by atoms with Gasteiger partial charge in [0.25, 0.3) is 11.5 Å². The number of nitrogen functional groups attached to an aromatic ring is 1. The van der Waals surface area contributed by atoms with Gasteiger partial charge in [0.05, 0.1) is 23.1 Å². The van der Waals surface area contributed by atoms with Crippen molar-refractivity contribution in [3.8, 4) is 0 Å². The number of nitrogens with zero attached hydrogens (tertiary/aromatic N) is 3. The molecule has 3 rings (SSSR count). The highest BCUT2D eigenvalue weighted by atomic mass is 16.2. The van der Waals surface area contributed by atoms with Gasteiger partial charge in [-0.25, -0.2) is 5.43 Å². The lowest BCUT2D eigenvalue weighted by molar-refractivity contribution is 0.0954. The second kappa shape index (κ2) is 10.3. The van der Waals surface area contributed by atoms with Gasteiger partial charge < -0.3 is 10.3 Å². The Hall–Kier alpha value is -3.48. The van der Waals surface area contributed by atoms with Crippen LogP contribution in [0.3, 0.4) is 0 Å². The number of unbranched alkanes of at least 4 members (excludes halogenated alkanes) is 4. The van der Waals surface area contributed by atoms with E-state index >= 15 is 0 Å². The van der Waals surface area contributed by atoms with E-state index in [0.717, 1.165) is 31.2 Å². The Balaban J connectivity index is 1.88. The van der Waals surface area contributed by atoms with E-state index in [2.05, 4.69) is 22.4 Å². The first-order valence-corrected chi connectivity index (χ1v) is 10.3. The van der Waals surface area contributed by atoms with Crippen molar-refractivity contribution in [3.63, 3.8) is 0 Å². The summed E-state index contributed by atoms with van der Waals surface area (Å²) in [6.45, 7) is 2.71. The molecule has 0 saturated heterocycles. The van der Waals surface area contributed by atoms with Gasteiger partial charge in [-0.05, 0) is 24.6 Å². The third-order valence-electron chi connectivity index (χ3n) is 4.98. The molecule has 3 N–H and O–H groups in total. The highest BCUT2D eigenvalue weighted by molar-refractivity contribution is 6.06. The lowest BCUT2D eigenvalue weighted by atomic mass is 10.1.